The highest BCUT2D eigenvalue weighted by atomic mass is 28.4. The first-order valence-electron chi connectivity index (χ1n) is 10.1. The third kappa shape index (κ3) is 3.09. The number of piperidine rings is 2. The van der Waals surface area contributed by atoms with Crippen molar-refractivity contribution in [3.8, 4) is 0 Å². The van der Waals surface area contributed by atoms with Crippen LogP contribution < -0.4 is 0 Å². The van der Waals surface area contributed by atoms with Gasteiger partial charge in [-0.15, -0.1) is 0 Å². The van der Waals surface area contributed by atoms with Crippen LogP contribution in [0.5, 0.6) is 0 Å². The molecule has 1 unspecified atom stereocenters. The van der Waals surface area contributed by atoms with E-state index in [-0.39, 0.29) is 10.6 Å². The van der Waals surface area contributed by atoms with Gasteiger partial charge < -0.3 is 9.33 Å². The molecule has 3 rings (SSSR count). The lowest BCUT2D eigenvalue weighted by Crippen LogP contribution is -2.63. The summed E-state index contributed by atoms with van der Waals surface area (Å²) in [5, 5.41) is 0.259. The molecule has 2 saturated heterocycles. The van der Waals surface area contributed by atoms with Crippen molar-refractivity contribution in [2.24, 2.45) is 5.92 Å². The zero-order chi connectivity index (χ0) is 17.6. The Morgan fingerprint density at radius 2 is 1.75 bits per heavy atom. The number of fused-ring (bicyclic) bond motifs is 2. The third-order valence-electron chi connectivity index (χ3n) is 7.56. The molecule has 4 heteroatoms. The topological polar surface area (TPSA) is 29.5 Å². The summed E-state index contributed by atoms with van der Waals surface area (Å²) in [6, 6.07) is 0.522. The minimum absolute atomic E-state index is 0.128. The van der Waals surface area contributed by atoms with Crippen LogP contribution in [0.15, 0.2) is 0 Å². The Hall–Kier alpha value is -0.353. The van der Waals surface area contributed by atoms with Crippen LogP contribution in [0, 0.1) is 5.92 Å². The molecule has 0 bridgehead atoms. The summed E-state index contributed by atoms with van der Waals surface area (Å²) in [6.07, 6.45) is 10.5. The Morgan fingerprint density at radius 3 is 2.42 bits per heavy atom. The number of rotatable bonds is 3. The molecule has 3 nitrogen and oxygen atoms in total. The van der Waals surface area contributed by atoms with Crippen molar-refractivity contribution in [1.82, 2.24) is 4.90 Å². The number of hydrogen-bond acceptors (Lipinski definition) is 2. The average Bonchev–Trinajstić information content (AvgIpc) is 2.87. The second kappa shape index (κ2) is 6.42. The first kappa shape index (κ1) is 18.4. The van der Waals surface area contributed by atoms with Crippen LogP contribution in [0.3, 0.4) is 0 Å². The summed E-state index contributed by atoms with van der Waals surface area (Å²) < 4.78 is 6.62. The first-order valence-corrected chi connectivity index (χ1v) is 13.0. The normalized spacial score (nSPS) is 34.7. The molecule has 0 radical (unpaired) electrons. The maximum Gasteiger partial charge on any atom is 0.223 e. The van der Waals surface area contributed by atoms with Crippen LogP contribution in [0.2, 0.25) is 18.1 Å². The van der Waals surface area contributed by atoms with Crippen molar-refractivity contribution in [1.29, 1.82) is 0 Å². The Kier molecular flexibility index (Phi) is 4.93. The van der Waals surface area contributed by atoms with Gasteiger partial charge in [-0.3, -0.25) is 4.79 Å². The van der Waals surface area contributed by atoms with Gasteiger partial charge in [-0.2, -0.15) is 0 Å². The van der Waals surface area contributed by atoms with Gasteiger partial charge in [0.15, 0.2) is 8.32 Å². The van der Waals surface area contributed by atoms with Gasteiger partial charge >= 0.3 is 0 Å². The van der Waals surface area contributed by atoms with E-state index in [9.17, 15) is 4.79 Å². The van der Waals surface area contributed by atoms with E-state index >= 15 is 0 Å². The van der Waals surface area contributed by atoms with Crippen LogP contribution in [-0.4, -0.2) is 37.3 Å². The standard InChI is InChI=1S/C20H37NO2Si/c1-19(2,3)24(4,5)23-15-16-9-7-13-20(16)14-8-11-17-10-6-12-18(22)21(17)20/h16-17H,6-15H2,1-5H3/t16-,17+,20?/m1/s1. The van der Waals surface area contributed by atoms with E-state index in [1.165, 1.54) is 44.9 Å². The average molecular weight is 352 g/mol. The molecular weight excluding hydrogens is 314 g/mol. The molecule has 0 aromatic carbocycles. The molecule has 138 valence electrons. The summed E-state index contributed by atoms with van der Waals surface area (Å²) in [6.45, 7) is 12.5. The van der Waals surface area contributed by atoms with Crippen LogP contribution in [0.4, 0.5) is 0 Å². The SMILES string of the molecule is CC(C)(C)[Si](C)(C)OC[C@H]1CCCC12CCC[C@@H]1CCCC(=O)N12. The van der Waals surface area contributed by atoms with E-state index in [1.54, 1.807) is 0 Å². The number of amides is 1. The first-order chi connectivity index (χ1) is 11.2. The minimum atomic E-state index is -1.72. The number of hydrogen-bond donors (Lipinski definition) is 0. The molecule has 0 aromatic rings. The van der Waals surface area contributed by atoms with Crippen molar-refractivity contribution < 1.29 is 9.22 Å². The molecular formula is C20H37NO2Si. The molecule has 2 heterocycles. The monoisotopic (exact) mass is 351 g/mol. The van der Waals surface area contributed by atoms with Crippen LogP contribution in [0.1, 0.15) is 78.6 Å². The fourth-order valence-corrected chi connectivity index (χ4v) is 6.18. The van der Waals surface area contributed by atoms with Gasteiger partial charge in [0.05, 0.1) is 0 Å². The van der Waals surface area contributed by atoms with Crippen LogP contribution in [-0.2, 0) is 9.22 Å². The second-order valence-electron chi connectivity index (χ2n) is 9.97. The predicted octanol–water partition coefficient (Wildman–Crippen LogP) is 5.11. The maximum atomic E-state index is 12.8. The molecule has 24 heavy (non-hydrogen) atoms. The van der Waals surface area contributed by atoms with Gasteiger partial charge in [-0.1, -0.05) is 27.2 Å². The highest BCUT2D eigenvalue weighted by molar-refractivity contribution is 6.74. The lowest BCUT2D eigenvalue weighted by atomic mass is 9.74. The molecule has 2 aliphatic heterocycles. The van der Waals surface area contributed by atoms with E-state index in [4.69, 9.17) is 4.43 Å². The smallest absolute Gasteiger partial charge is 0.223 e. The van der Waals surface area contributed by atoms with Crippen molar-refractivity contribution in [3.63, 3.8) is 0 Å². The molecule has 1 spiro atoms. The molecule has 3 atom stereocenters. The lowest BCUT2D eigenvalue weighted by molar-refractivity contribution is -0.153. The zero-order valence-electron chi connectivity index (χ0n) is 16.5. The van der Waals surface area contributed by atoms with Crippen LogP contribution in [0.25, 0.3) is 0 Å². The molecule has 0 aromatic heterocycles. The van der Waals surface area contributed by atoms with Crippen molar-refractivity contribution in [2.75, 3.05) is 6.61 Å². The van der Waals surface area contributed by atoms with Crippen molar-refractivity contribution in [3.05, 3.63) is 0 Å². The van der Waals surface area contributed by atoms with Crippen LogP contribution >= 0.6 is 0 Å². The molecule has 0 N–H and O–H groups in total. The third-order valence-corrected chi connectivity index (χ3v) is 12.1. The number of nitrogens with zero attached hydrogens (tertiary/aromatic N) is 1. The maximum absolute atomic E-state index is 12.8. The van der Waals surface area contributed by atoms with Crippen molar-refractivity contribution >= 4 is 14.2 Å². The predicted molar refractivity (Wildman–Crippen MR) is 102 cm³/mol. The van der Waals surface area contributed by atoms with Gasteiger partial charge in [0, 0.05) is 30.5 Å². The van der Waals surface area contributed by atoms with E-state index < -0.39 is 8.32 Å². The fourth-order valence-electron chi connectivity index (χ4n) is 5.13. The van der Waals surface area contributed by atoms with Gasteiger partial charge in [-0.25, -0.2) is 0 Å². The van der Waals surface area contributed by atoms with Crippen molar-refractivity contribution in [2.45, 2.75) is 108 Å². The van der Waals surface area contributed by atoms with E-state index in [0.29, 0.717) is 17.9 Å². The number of carbonyl (C=O) groups is 1. The Balaban J connectivity index is 1.77. The van der Waals surface area contributed by atoms with Gasteiger partial charge in [0.2, 0.25) is 5.91 Å². The van der Waals surface area contributed by atoms with E-state index in [0.717, 1.165) is 19.4 Å². The molecule has 3 fully saturated rings. The van der Waals surface area contributed by atoms with Gasteiger partial charge in [-0.05, 0) is 63.1 Å². The largest absolute Gasteiger partial charge is 0.416 e. The van der Waals surface area contributed by atoms with E-state index in [1.807, 2.05) is 0 Å². The van der Waals surface area contributed by atoms with Gasteiger partial charge in [0.25, 0.3) is 0 Å². The van der Waals surface area contributed by atoms with Gasteiger partial charge in [0.1, 0.15) is 0 Å². The Labute approximate surface area is 149 Å². The van der Waals surface area contributed by atoms with E-state index in [2.05, 4.69) is 38.8 Å². The Morgan fingerprint density at radius 1 is 1.12 bits per heavy atom. The molecule has 1 aliphatic carbocycles. The lowest BCUT2D eigenvalue weighted by Gasteiger charge is -2.55. The fraction of sp³-hybridized carbons (Fsp3) is 0.950. The Bertz CT molecular complexity index is 483. The highest BCUT2D eigenvalue weighted by Gasteiger charge is 2.54. The summed E-state index contributed by atoms with van der Waals surface area (Å²) in [5.41, 5.74) is 0.128. The summed E-state index contributed by atoms with van der Waals surface area (Å²) in [4.78, 5) is 15.2. The quantitative estimate of drug-likeness (QED) is 0.661. The highest BCUT2D eigenvalue weighted by Crippen LogP contribution is 2.50. The summed E-state index contributed by atoms with van der Waals surface area (Å²) in [7, 11) is -1.72. The summed E-state index contributed by atoms with van der Waals surface area (Å²) >= 11 is 0. The number of carbonyl (C=O) groups excluding carboxylic acids is 1. The molecule has 1 amide bonds. The second-order valence-corrected chi connectivity index (χ2v) is 14.8. The molecule has 1 saturated carbocycles. The zero-order valence-corrected chi connectivity index (χ0v) is 17.5. The molecule has 3 aliphatic rings. The minimum Gasteiger partial charge on any atom is -0.416 e. The summed E-state index contributed by atoms with van der Waals surface area (Å²) in [5.74, 6) is 0.988.